The van der Waals surface area contributed by atoms with Crippen molar-refractivity contribution in [3.8, 4) is 0 Å². The van der Waals surface area contributed by atoms with Gasteiger partial charge in [-0.05, 0) is 19.1 Å². The van der Waals surface area contributed by atoms with Crippen LogP contribution in [-0.2, 0) is 9.59 Å². The number of likely N-dealkylation sites (tertiary alicyclic amines) is 1. The van der Waals surface area contributed by atoms with Gasteiger partial charge in [0.15, 0.2) is 6.04 Å². The van der Waals surface area contributed by atoms with Gasteiger partial charge in [-0.15, -0.1) is 0 Å². The maximum Gasteiger partial charge on any atom is 0.282 e. The van der Waals surface area contributed by atoms with E-state index in [-0.39, 0.29) is 23.8 Å². The lowest BCUT2D eigenvalue weighted by atomic mass is 9.95. The number of carbonyl (C=O) groups is 2. The van der Waals surface area contributed by atoms with E-state index < -0.39 is 0 Å². The molecule has 0 spiro atoms. The summed E-state index contributed by atoms with van der Waals surface area (Å²) in [6.45, 7) is 3.36. The first kappa shape index (κ1) is 17.1. The number of quaternary nitrogens is 1. The minimum Gasteiger partial charge on any atom is -0.369 e. The maximum absolute atomic E-state index is 12.4. The van der Waals surface area contributed by atoms with E-state index in [1.807, 2.05) is 6.92 Å². The number of anilines is 1. The summed E-state index contributed by atoms with van der Waals surface area (Å²) < 4.78 is 0. The Morgan fingerprint density at radius 2 is 1.82 bits per heavy atom. The number of primary amides is 1. The second-order valence-electron chi connectivity index (χ2n) is 5.64. The fraction of sp³-hybridized carbons (Fsp3) is 0.467. The Bertz CT molecular complexity index is 552. The Morgan fingerprint density at radius 3 is 2.32 bits per heavy atom. The van der Waals surface area contributed by atoms with Crippen LogP contribution in [0, 0.1) is 5.92 Å². The summed E-state index contributed by atoms with van der Waals surface area (Å²) in [5.74, 6) is -0.460. The second-order valence-corrected chi connectivity index (χ2v) is 6.46. The molecule has 7 heteroatoms. The molecule has 1 saturated heterocycles. The van der Waals surface area contributed by atoms with Crippen LogP contribution in [0.4, 0.5) is 5.69 Å². The molecule has 1 aromatic carbocycles. The van der Waals surface area contributed by atoms with Crippen LogP contribution in [0.3, 0.4) is 0 Å². The van der Waals surface area contributed by atoms with Crippen molar-refractivity contribution in [2.75, 3.05) is 18.4 Å². The zero-order valence-electron chi connectivity index (χ0n) is 12.4. The molecule has 4 N–H and O–H groups in total. The highest BCUT2D eigenvalue weighted by Crippen LogP contribution is 2.29. The van der Waals surface area contributed by atoms with Crippen LogP contribution < -0.4 is 16.0 Å². The summed E-state index contributed by atoms with van der Waals surface area (Å²) in [5.41, 5.74) is 5.77. The second kappa shape index (κ2) is 7.31. The van der Waals surface area contributed by atoms with E-state index in [1.54, 1.807) is 18.2 Å². The molecule has 22 heavy (non-hydrogen) atoms. The molecule has 2 amide bonds. The smallest absolute Gasteiger partial charge is 0.282 e. The summed E-state index contributed by atoms with van der Waals surface area (Å²) in [7, 11) is 0. The van der Waals surface area contributed by atoms with Crippen molar-refractivity contribution in [1.29, 1.82) is 0 Å². The molecular weight excluding hydrogens is 325 g/mol. The van der Waals surface area contributed by atoms with Gasteiger partial charge < -0.3 is 16.0 Å². The molecule has 2 rings (SSSR count). The topological polar surface area (TPSA) is 76.6 Å². The Labute approximate surface area is 139 Å². The normalized spacial score (nSPS) is 22.9. The lowest BCUT2D eigenvalue weighted by molar-refractivity contribution is -0.919. The molecule has 1 aliphatic heterocycles. The number of para-hydroxylation sites is 1. The van der Waals surface area contributed by atoms with Gasteiger partial charge in [0.1, 0.15) is 0 Å². The lowest BCUT2D eigenvalue weighted by Crippen LogP contribution is -3.17. The van der Waals surface area contributed by atoms with Gasteiger partial charge in [0.05, 0.1) is 28.8 Å². The van der Waals surface area contributed by atoms with Gasteiger partial charge in [-0.3, -0.25) is 9.59 Å². The van der Waals surface area contributed by atoms with Crippen LogP contribution in [0.25, 0.3) is 0 Å². The monoisotopic (exact) mass is 344 g/mol. The number of nitrogens with one attached hydrogen (secondary N) is 2. The quantitative estimate of drug-likeness (QED) is 0.764. The van der Waals surface area contributed by atoms with Gasteiger partial charge in [0.2, 0.25) is 5.91 Å². The van der Waals surface area contributed by atoms with E-state index in [1.165, 1.54) is 0 Å². The molecule has 0 aliphatic carbocycles. The zero-order chi connectivity index (χ0) is 16.3. The molecule has 0 unspecified atom stereocenters. The van der Waals surface area contributed by atoms with E-state index in [0.717, 1.165) is 30.8 Å². The minimum atomic E-state index is -0.251. The van der Waals surface area contributed by atoms with Crippen LogP contribution in [0.2, 0.25) is 10.0 Å². The molecule has 0 saturated carbocycles. The number of halogens is 2. The summed E-state index contributed by atoms with van der Waals surface area (Å²) in [6.07, 6.45) is 1.43. The SMILES string of the molecule is C[C@@H](C(=O)Nc1c(Cl)cccc1Cl)[NH+]1CCC(C(N)=O)CC1. The van der Waals surface area contributed by atoms with Gasteiger partial charge >= 0.3 is 0 Å². The Morgan fingerprint density at radius 1 is 1.27 bits per heavy atom. The minimum absolute atomic E-state index is 0.0722. The van der Waals surface area contributed by atoms with Crippen molar-refractivity contribution in [1.82, 2.24) is 0 Å². The van der Waals surface area contributed by atoms with Gasteiger partial charge in [0.25, 0.3) is 5.91 Å². The van der Waals surface area contributed by atoms with Crippen molar-refractivity contribution in [2.24, 2.45) is 11.7 Å². The molecule has 5 nitrogen and oxygen atoms in total. The third-order valence-corrected chi connectivity index (χ3v) is 4.88. The average molecular weight is 345 g/mol. The van der Waals surface area contributed by atoms with Gasteiger partial charge in [-0.2, -0.15) is 0 Å². The van der Waals surface area contributed by atoms with Crippen molar-refractivity contribution in [3.63, 3.8) is 0 Å². The van der Waals surface area contributed by atoms with Crippen molar-refractivity contribution in [3.05, 3.63) is 28.2 Å². The predicted molar refractivity (Wildman–Crippen MR) is 87.2 cm³/mol. The van der Waals surface area contributed by atoms with Crippen LogP contribution >= 0.6 is 23.2 Å². The molecule has 1 heterocycles. The number of carbonyl (C=O) groups excluding carboxylic acids is 2. The predicted octanol–water partition coefficient (Wildman–Crippen LogP) is 1.10. The summed E-state index contributed by atoms with van der Waals surface area (Å²) in [5, 5.41) is 3.62. The molecule has 1 aliphatic rings. The largest absolute Gasteiger partial charge is 0.369 e. The Kier molecular flexibility index (Phi) is 5.67. The lowest BCUT2D eigenvalue weighted by Gasteiger charge is -2.31. The van der Waals surface area contributed by atoms with E-state index in [2.05, 4.69) is 5.32 Å². The maximum atomic E-state index is 12.4. The zero-order valence-corrected chi connectivity index (χ0v) is 13.9. The number of hydrogen-bond donors (Lipinski definition) is 3. The number of hydrogen-bond acceptors (Lipinski definition) is 2. The Hall–Kier alpha value is -1.30. The highest BCUT2D eigenvalue weighted by Gasteiger charge is 2.32. The number of benzene rings is 1. The van der Waals surface area contributed by atoms with Crippen molar-refractivity contribution < 1.29 is 14.5 Å². The number of rotatable bonds is 4. The Balaban J connectivity index is 1.97. The molecule has 0 aromatic heterocycles. The fourth-order valence-corrected chi connectivity index (χ4v) is 3.23. The molecule has 1 aromatic rings. The van der Waals surface area contributed by atoms with Crippen LogP contribution in [0.5, 0.6) is 0 Å². The van der Waals surface area contributed by atoms with E-state index in [9.17, 15) is 9.59 Å². The van der Waals surface area contributed by atoms with Gasteiger partial charge in [-0.1, -0.05) is 29.3 Å². The molecule has 0 bridgehead atoms. The average Bonchev–Trinajstić information content (AvgIpc) is 2.50. The van der Waals surface area contributed by atoms with Crippen LogP contribution in [0.1, 0.15) is 19.8 Å². The van der Waals surface area contributed by atoms with E-state index >= 15 is 0 Å². The van der Waals surface area contributed by atoms with E-state index in [0.29, 0.717) is 15.7 Å². The van der Waals surface area contributed by atoms with Gasteiger partial charge in [0, 0.05) is 18.8 Å². The van der Waals surface area contributed by atoms with Crippen molar-refractivity contribution >= 4 is 40.7 Å². The number of nitrogens with two attached hydrogens (primary N) is 1. The third kappa shape index (κ3) is 3.91. The number of amides is 2. The summed E-state index contributed by atoms with van der Waals surface area (Å²) in [6, 6.07) is 4.84. The highest BCUT2D eigenvalue weighted by atomic mass is 35.5. The van der Waals surface area contributed by atoms with Crippen LogP contribution in [-0.4, -0.2) is 30.9 Å². The molecule has 0 radical (unpaired) electrons. The molecule has 1 atom stereocenters. The first-order valence-corrected chi connectivity index (χ1v) is 8.04. The summed E-state index contributed by atoms with van der Waals surface area (Å²) >= 11 is 12.1. The highest BCUT2D eigenvalue weighted by molar-refractivity contribution is 6.39. The standard InChI is InChI=1S/C15H19Cl2N3O2/c1-9(20-7-5-10(6-8-20)14(18)21)15(22)19-13-11(16)3-2-4-12(13)17/h2-4,9-10H,5-8H2,1H3,(H2,18,21)(H,19,22)/p+1/t9-/m0/s1. The summed E-state index contributed by atoms with van der Waals surface area (Å²) in [4.78, 5) is 24.7. The first-order chi connectivity index (χ1) is 10.4. The van der Waals surface area contributed by atoms with Crippen molar-refractivity contribution in [2.45, 2.75) is 25.8 Å². The number of piperidine rings is 1. The molecular formula is C15H20Cl2N3O2+. The van der Waals surface area contributed by atoms with E-state index in [4.69, 9.17) is 28.9 Å². The first-order valence-electron chi connectivity index (χ1n) is 7.29. The molecule has 1 fully saturated rings. The van der Waals surface area contributed by atoms with Crippen LogP contribution in [0.15, 0.2) is 18.2 Å². The molecule has 120 valence electrons. The van der Waals surface area contributed by atoms with Gasteiger partial charge in [-0.25, -0.2) is 0 Å². The fourth-order valence-electron chi connectivity index (χ4n) is 2.74. The third-order valence-electron chi connectivity index (χ3n) is 4.25.